The molecule has 2 aliphatic rings. The van der Waals surface area contributed by atoms with E-state index in [0.29, 0.717) is 23.8 Å². The van der Waals surface area contributed by atoms with Crippen LogP contribution in [0.3, 0.4) is 0 Å². The van der Waals surface area contributed by atoms with Gasteiger partial charge < -0.3 is 13.6 Å². The average Bonchev–Trinajstić information content (AvgIpc) is 3.18. The number of nitrogens with zero attached hydrogens (tertiary/aromatic N) is 3. The van der Waals surface area contributed by atoms with E-state index in [2.05, 4.69) is 21.2 Å². The van der Waals surface area contributed by atoms with Crippen LogP contribution in [-0.2, 0) is 17.7 Å². The zero-order chi connectivity index (χ0) is 15.1. The lowest BCUT2D eigenvalue weighted by Gasteiger charge is -2.17. The first kappa shape index (κ1) is 14.0. The van der Waals surface area contributed by atoms with Crippen LogP contribution in [-0.4, -0.2) is 40.4 Å². The van der Waals surface area contributed by atoms with E-state index in [4.69, 9.17) is 13.6 Å². The molecule has 0 spiro atoms. The number of rotatable bonds is 4. The highest BCUT2D eigenvalue weighted by Crippen LogP contribution is 2.34. The minimum Gasteiger partial charge on any atom is -0.465 e. The molecule has 2 aromatic heterocycles. The van der Waals surface area contributed by atoms with Crippen molar-refractivity contribution in [1.29, 1.82) is 0 Å². The van der Waals surface area contributed by atoms with Crippen molar-refractivity contribution in [3.05, 3.63) is 35.4 Å². The zero-order valence-corrected chi connectivity index (χ0v) is 13.0. The van der Waals surface area contributed by atoms with Crippen molar-refractivity contribution in [2.75, 3.05) is 13.1 Å². The molecule has 0 bridgehead atoms. The summed E-state index contributed by atoms with van der Waals surface area (Å²) in [6.07, 6.45) is 2.33. The van der Waals surface area contributed by atoms with Gasteiger partial charge in [-0.2, -0.15) is 0 Å². The van der Waals surface area contributed by atoms with E-state index in [1.165, 1.54) is 0 Å². The number of aromatic nitrogens is 2. The molecule has 0 radical (unpaired) electrons. The molecule has 6 heteroatoms. The minimum atomic E-state index is 0.211. The van der Waals surface area contributed by atoms with Crippen LogP contribution in [0.1, 0.15) is 29.7 Å². The molecule has 0 aliphatic carbocycles. The number of hydrogen-bond acceptors (Lipinski definition) is 6. The molecular weight excluding hydrogens is 282 g/mol. The Bertz CT molecular complexity index is 582. The predicted octanol–water partition coefficient (Wildman–Crippen LogP) is 2.11. The molecule has 2 saturated heterocycles. The first-order valence-electron chi connectivity index (χ1n) is 7.88. The second-order valence-corrected chi connectivity index (χ2v) is 6.42. The Morgan fingerprint density at radius 3 is 2.77 bits per heavy atom. The van der Waals surface area contributed by atoms with Crippen molar-refractivity contribution < 1.29 is 13.6 Å². The maximum absolute atomic E-state index is 6.17. The summed E-state index contributed by atoms with van der Waals surface area (Å²) in [6, 6.07) is 4.08. The molecule has 0 unspecified atom stereocenters. The highest BCUT2D eigenvalue weighted by molar-refractivity contribution is 5.06. The van der Waals surface area contributed by atoms with Crippen LogP contribution in [0.25, 0.3) is 0 Å². The standard InChI is InChI=1S/C16H21N3O3/c1-10-3-4-13(20-10)8-19-7-12-5-14(22-15(12)9-19)6-16-18-17-11(2)21-16/h3-4,12,14-15H,5-9H2,1-2H3/t12-,14-,15+/m1/s1. The van der Waals surface area contributed by atoms with Crippen LogP contribution < -0.4 is 0 Å². The number of hydrogen-bond donors (Lipinski definition) is 0. The number of ether oxygens (including phenoxy) is 1. The normalized spacial score (nSPS) is 28.4. The fourth-order valence-electron chi connectivity index (χ4n) is 3.61. The molecule has 0 saturated carbocycles. The highest BCUT2D eigenvalue weighted by Gasteiger charge is 2.42. The van der Waals surface area contributed by atoms with Crippen molar-refractivity contribution in [1.82, 2.24) is 15.1 Å². The molecule has 0 N–H and O–H groups in total. The van der Waals surface area contributed by atoms with E-state index in [1.807, 2.05) is 19.9 Å². The van der Waals surface area contributed by atoms with Gasteiger partial charge in [0.15, 0.2) is 0 Å². The van der Waals surface area contributed by atoms with Gasteiger partial charge in [-0.3, -0.25) is 4.90 Å². The van der Waals surface area contributed by atoms with E-state index in [1.54, 1.807) is 0 Å². The fraction of sp³-hybridized carbons (Fsp3) is 0.625. The van der Waals surface area contributed by atoms with Crippen LogP contribution in [0, 0.1) is 19.8 Å². The summed E-state index contributed by atoms with van der Waals surface area (Å²) >= 11 is 0. The van der Waals surface area contributed by atoms with E-state index < -0.39 is 0 Å². The molecule has 22 heavy (non-hydrogen) atoms. The topological polar surface area (TPSA) is 64.5 Å². The lowest BCUT2D eigenvalue weighted by molar-refractivity contribution is 0.0344. The molecule has 2 aliphatic heterocycles. The van der Waals surface area contributed by atoms with E-state index in [0.717, 1.165) is 44.0 Å². The zero-order valence-electron chi connectivity index (χ0n) is 13.0. The monoisotopic (exact) mass is 303 g/mol. The van der Waals surface area contributed by atoms with Crippen molar-refractivity contribution >= 4 is 0 Å². The Morgan fingerprint density at radius 1 is 1.18 bits per heavy atom. The third-order valence-electron chi connectivity index (χ3n) is 4.54. The predicted molar refractivity (Wildman–Crippen MR) is 78.2 cm³/mol. The number of furan rings is 1. The molecule has 0 aromatic carbocycles. The number of likely N-dealkylation sites (tertiary alicyclic amines) is 1. The van der Waals surface area contributed by atoms with E-state index in [-0.39, 0.29) is 6.10 Å². The lowest BCUT2D eigenvalue weighted by Crippen LogP contribution is -2.25. The third-order valence-corrected chi connectivity index (χ3v) is 4.54. The van der Waals surface area contributed by atoms with E-state index in [9.17, 15) is 0 Å². The minimum absolute atomic E-state index is 0.211. The molecule has 2 aromatic rings. The molecule has 2 fully saturated rings. The average molecular weight is 303 g/mol. The summed E-state index contributed by atoms with van der Waals surface area (Å²) in [6.45, 7) is 6.72. The van der Waals surface area contributed by atoms with Crippen LogP contribution in [0.15, 0.2) is 21.0 Å². The molecule has 118 valence electrons. The fourth-order valence-corrected chi connectivity index (χ4v) is 3.61. The molecule has 4 heterocycles. The van der Waals surface area contributed by atoms with Gasteiger partial charge in [0, 0.05) is 25.9 Å². The Morgan fingerprint density at radius 2 is 2.09 bits per heavy atom. The van der Waals surface area contributed by atoms with Gasteiger partial charge in [-0.05, 0) is 25.5 Å². The van der Waals surface area contributed by atoms with Gasteiger partial charge in [-0.25, -0.2) is 0 Å². The van der Waals surface area contributed by atoms with Crippen LogP contribution >= 0.6 is 0 Å². The number of fused-ring (bicyclic) bond motifs is 1. The van der Waals surface area contributed by atoms with Gasteiger partial charge in [0.25, 0.3) is 0 Å². The van der Waals surface area contributed by atoms with Gasteiger partial charge in [0.2, 0.25) is 11.8 Å². The maximum Gasteiger partial charge on any atom is 0.219 e. The smallest absolute Gasteiger partial charge is 0.219 e. The lowest BCUT2D eigenvalue weighted by atomic mass is 10.0. The molecule has 3 atom stereocenters. The maximum atomic E-state index is 6.17. The summed E-state index contributed by atoms with van der Waals surface area (Å²) in [5.74, 6) is 3.92. The third kappa shape index (κ3) is 2.80. The Balaban J connectivity index is 1.30. The van der Waals surface area contributed by atoms with Gasteiger partial charge in [-0.1, -0.05) is 0 Å². The second kappa shape index (κ2) is 5.52. The summed E-state index contributed by atoms with van der Waals surface area (Å²) < 4.78 is 17.3. The van der Waals surface area contributed by atoms with E-state index >= 15 is 0 Å². The molecule has 4 rings (SSSR count). The van der Waals surface area contributed by atoms with Gasteiger partial charge in [0.05, 0.1) is 25.2 Å². The summed E-state index contributed by atoms with van der Waals surface area (Å²) in [5.41, 5.74) is 0. The quantitative estimate of drug-likeness (QED) is 0.862. The first-order chi connectivity index (χ1) is 10.7. The summed E-state index contributed by atoms with van der Waals surface area (Å²) in [5, 5.41) is 7.93. The molecule has 6 nitrogen and oxygen atoms in total. The molecular formula is C16H21N3O3. The second-order valence-electron chi connectivity index (χ2n) is 6.42. The Kier molecular flexibility index (Phi) is 3.50. The SMILES string of the molecule is Cc1ccc(CN2C[C@H]3C[C@H](Cc4nnc(C)o4)O[C@H]3C2)o1. The Labute approximate surface area is 129 Å². The van der Waals surface area contributed by atoms with Crippen molar-refractivity contribution in [2.45, 2.75) is 45.4 Å². The Hall–Kier alpha value is -1.66. The van der Waals surface area contributed by atoms with Gasteiger partial charge >= 0.3 is 0 Å². The van der Waals surface area contributed by atoms with Crippen LogP contribution in [0.2, 0.25) is 0 Å². The van der Waals surface area contributed by atoms with Gasteiger partial charge in [0.1, 0.15) is 11.5 Å². The van der Waals surface area contributed by atoms with Crippen LogP contribution in [0.5, 0.6) is 0 Å². The molecule has 0 amide bonds. The highest BCUT2D eigenvalue weighted by atomic mass is 16.5. The largest absolute Gasteiger partial charge is 0.465 e. The van der Waals surface area contributed by atoms with Crippen molar-refractivity contribution in [2.24, 2.45) is 5.92 Å². The van der Waals surface area contributed by atoms with Crippen molar-refractivity contribution in [3.8, 4) is 0 Å². The van der Waals surface area contributed by atoms with Crippen molar-refractivity contribution in [3.63, 3.8) is 0 Å². The summed E-state index contributed by atoms with van der Waals surface area (Å²) in [4.78, 5) is 2.42. The summed E-state index contributed by atoms with van der Waals surface area (Å²) in [7, 11) is 0. The first-order valence-corrected chi connectivity index (χ1v) is 7.88. The van der Waals surface area contributed by atoms with Crippen LogP contribution in [0.4, 0.5) is 0 Å². The van der Waals surface area contributed by atoms with Gasteiger partial charge in [-0.15, -0.1) is 10.2 Å². The number of aryl methyl sites for hydroxylation is 2.